The van der Waals surface area contributed by atoms with Crippen LogP contribution in [-0.4, -0.2) is 10.7 Å². The van der Waals surface area contributed by atoms with Crippen LogP contribution in [0.3, 0.4) is 0 Å². The van der Waals surface area contributed by atoms with Gasteiger partial charge in [0.25, 0.3) is 0 Å². The van der Waals surface area contributed by atoms with Gasteiger partial charge in [0.15, 0.2) is 0 Å². The van der Waals surface area contributed by atoms with Gasteiger partial charge in [-0.2, -0.15) is 11.3 Å². The molecule has 0 bridgehead atoms. The van der Waals surface area contributed by atoms with Crippen LogP contribution in [0.4, 0.5) is 0 Å². The first kappa shape index (κ1) is 12.9. The molecule has 0 radical (unpaired) electrons. The molecule has 2 nitrogen and oxygen atoms in total. The van der Waals surface area contributed by atoms with E-state index < -0.39 is 0 Å². The van der Waals surface area contributed by atoms with Gasteiger partial charge in [0.05, 0.1) is 12.5 Å². The molecule has 1 aliphatic rings. The number of amides is 1. The Kier molecular flexibility index (Phi) is 3.71. The maximum Gasteiger partial charge on any atom is 0.224 e. The monoisotopic (exact) mass is 335 g/mol. The first-order chi connectivity index (χ1) is 9.24. The van der Waals surface area contributed by atoms with Gasteiger partial charge in [0.2, 0.25) is 5.91 Å². The Hall–Kier alpha value is -1.13. The van der Waals surface area contributed by atoms with Crippen LogP contribution >= 0.6 is 27.3 Å². The van der Waals surface area contributed by atoms with Crippen molar-refractivity contribution in [1.29, 1.82) is 0 Å². The maximum atomic E-state index is 12.1. The summed E-state index contributed by atoms with van der Waals surface area (Å²) in [4.78, 5) is 12.4. The van der Waals surface area contributed by atoms with Gasteiger partial charge < -0.3 is 5.32 Å². The number of nitrogens with one attached hydrogen (secondary N) is 1. The normalized spacial score (nSPS) is 21.1. The van der Waals surface area contributed by atoms with Crippen molar-refractivity contribution in [3.05, 3.63) is 57.8 Å². The number of hydrogen-bond donors (Lipinski definition) is 1. The van der Waals surface area contributed by atoms with Gasteiger partial charge in [-0.05, 0) is 39.9 Å². The summed E-state index contributed by atoms with van der Waals surface area (Å²) < 4.78 is 0. The molecule has 1 amide bonds. The highest BCUT2D eigenvalue weighted by Crippen LogP contribution is 2.35. The van der Waals surface area contributed by atoms with Crippen molar-refractivity contribution in [2.75, 3.05) is 0 Å². The summed E-state index contributed by atoms with van der Waals surface area (Å²) in [6.07, 6.45) is 1.43. The van der Waals surface area contributed by atoms with Crippen molar-refractivity contribution in [3.63, 3.8) is 0 Å². The van der Waals surface area contributed by atoms with E-state index in [1.165, 1.54) is 11.1 Å². The SMILES string of the molecule is O=C(Cc1ccsc1)NC1c2ccccc2CC1Br. The molecule has 1 heterocycles. The van der Waals surface area contributed by atoms with E-state index in [2.05, 4.69) is 33.4 Å². The van der Waals surface area contributed by atoms with Gasteiger partial charge in [-0.3, -0.25) is 4.79 Å². The molecule has 0 fully saturated rings. The minimum absolute atomic E-state index is 0.0855. The van der Waals surface area contributed by atoms with E-state index in [-0.39, 0.29) is 16.8 Å². The average Bonchev–Trinajstić information content (AvgIpc) is 2.99. The van der Waals surface area contributed by atoms with E-state index in [0.717, 1.165) is 12.0 Å². The third kappa shape index (κ3) is 2.74. The fourth-order valence-electron chi connectivity index (χ4n) is 2.52. The van der Waals surface area contributed by atoms with Crippen LogP contribution < -0.4 is 5.32 Å². The lowest BCUT2D eigenvalue weighted by atomic mass is 10.1. The quantitative estimate of drug-likeness (QED) is 0.855. The van der Waals surface area contributed by atoms with Gasteiger partial charge in [0, 0.05) is 4.83 Å². The molecule has 1 aromatic carbocycles. The van der Waals surface area contributed by atoms with Crippen LogP contribution in [0.2, 0.25) is 0 Å². The number of rotatable bonds is 3. The second kappa shape index (κ2) is 5.47. The number of carbonyl (C=O) groups is 1. The molecule has 1 N–H and O–H groups in total. The first-order valence-corrected chi connectivity index (χ1v) is 8.12. The third-order valence-electron chi connectivity index (χ3n) is 3.43. The Bertz CT molecular complexity index is 582. The third-order valence-corrected chi connectivity index (χ3v) is 5.01. The maximum absolute atomic E-state index is 12.1. The summed E-state index contributed by atoms with van der Waals surface area (Å²) in [5.74, 6) is 0.0875. The summed E-state index contributed by atoms with van der Waals surface area (Å²) in [5, 5.41) is 7.16. The standard InChI is InChI=1S/C15H14BrNOS/c16-13-8-11-3-1-2-4-12(11)15(13)17-14(18)7-10-5-6-19-9-10/h1-6,9,13,15H,7-8H2,(H,17,18). The summed E-state index contributed by atoms with van der Waals surface area (Å²) in [7, 11) is 0. The molecule has 2 atom stereocenters. The van der Waals surface area contributed by atoms with E-state index in [0.29, 0.717) is 6.42 Å². The molecule has 3 rings (SSSR count). The predicted octanol–water partition coefficient (Wildman–Crippen LogP) is 3.47. The highest BCUT2D eigenvalue weighted by atomic mass is 79.9. The van der Waals surface area contributed by atoms with Crippen molar-refractivity contribution in [2.45, 2.75) is 23.7 Å². The Morgan fingerprint density at radius 1 is 1.37 bits per heavy atom. The highest BCUT2D eigenvalue weighted by Gasteiger charge is 2.31. The lowest BCUT2D eigenvalue weighted by molar-refractivity contribution is -0.121. The van der Waals surface area contributed by atoms with E-state index in [9.17, 15) is 4.79 Å². The average molecular weight is 336 g/mol. The number of hydrogen-bond acceptors (Lipinski definition) is 2. The summed E-state index contributed by atoms with van der Waals surface area (Å²) in [5.41, 5.74) is 3.65. The van der Waals surface area contributed by atoms with Crippen molar-refractivity contribution in [1.82, 2.24) is 5.32 Å². The molecule has 2 aromatic rings. The second-order valence-corrected chi connectivity index (χ2v) is 6.73. The van der Waals surface area contributed by atoms with Gasteiger partial charge in [-0.15, -0.1) is 0 Å². The van der Waals surface area contributed by atoms with Gasteiger partial charge in [0.1, 0.15) is 0 Å². The van der Waals surface area contributed by atoms with E-state index in [4.69, 9.17) is 0 Å². The molecule has 0 saturated heterocycles. The molecule has 1 aliphatic carbocycles. The zero-order valence-electron chi connectivity index (χ0n) is 10.3. The minimum atomic E-state index is 0.0855. The van der Waals surface area contributed by atoms with Crippen molar-refractivity contribution in [2.24, 2.45) is 0 Å². The fourth-order valence-corrected chi connectivity index (χ4v) is 3.95. The Morgan fingerprint density at radius 3 is 3.00 bits per heavy atom. The predicted molar refractivity (Wildman–Crippen MR) is 81.8 cm³/mol. The van der Waals surface area contributed by atoms with E-state index >= 15 is 0 Å². The summed E-state index contributed by atoms with van der Waals surface area (Å²) in [6, 6.07) is 10.4. The number of thiophene rings is 1. The molecule has 0 saturated carbocycles. The number of fused-ring (bicyclic) bond motifs is 1. The van der Waals surface area contributed by atoms with Crippen LogP contribution in [0.1, 0.15) is 22.7 Å². The molecular formula is C15H14BrNOS. The summed E-state index contributed by atoms with van der Waals surface area (Å²) >= 11 is 5.30. The van der Waals surface area contributed by atoms with Crippen molar-refractivity contribution >= 4 is 33.2 Å². The minimum Gasteiger partial charge on any atom is -0.348 e. The fraction of sp³-hybridized carbons (Fsp3) is 0.267. The first-order valence-electron chi connectivity index (χ1n) is 6.26. The molecule has 0 spiro atoms. The lowest BCUT2D eigenvalue weighted by Gasteiger charge is -2.17. The smallest absolute Gasteiger partial charge is 0.224 e. The van der Waals surface area contributed by atoms with Crippen molar-refractivity contribution < 1.29 is 4.79 Å². The van der Waals surface area contributed by atoms with E-state index in [1.54, 1.807) is 11.3 Å². The van der Waals surface area contributed by atoms with Crippen LogP contribution in [0, 0.1) is 0 Å². The van der Waals surface area contributed by atoms with Gasteiger partial charge in [-0.1, -0.05) is 40.2 Å². The molecule has 2 unspecified atom stereocenters. The van der Waals surface area contributed by atoms with E-state index in [1.807, 2.05) is 29.0 Å². The van der Waals surface area contributed by atoms with Crippen LogP contribution in [0.25, 0.3) is 0 Å². The Labute approximate surface area is 125 Å². The van der Waals surface area contributed by atoms with Crippen LogP contribution in [0.5, 0.6) is 0 Å². The van der Waals surface area contributed by atoms with Gasteiger partial charge in [-0.25, -0.2) is 0 Å². The van der Waals surface area contributed by atoms with Crippen molar-refractivity contribution in [3.8, 4) is 0 Å². The number of halogens is 1. The topological polar surface area (TPSA) is 29.1 Å². The highest BCUT2D eigenvalue weighted by molar-refractivity contribution is 9.09. The summed E-state index contributed by atoms with van der Waals surface area (Å²) in [6.45, 7) is 0. The molecule has 0 aliphatic heterocycles. The molecule has 1 aromatic heterocycles. The number of benzene rings is 1. The zero-order chi connectivity index (χ0) is 13.2. The molecule has 98 valence electrons. The lowest BCUT2D eigenvalue weighted by Crippen LogP contribution is -2.32. The Morgan fingerprint density at radius 2 is 2.21 bits per heavy atom. The van der Waals surface area contributed by atoms with Gasteiger partial charge >= 0.3 is 0 Å². The second-order valence-electron chi connectivity index (χ2n) is 4.77. The molecule has 19 heavy (non-hydrogen) atoms. The molecule has 4 heteroatoms. The molecular weight excluding hydrogens is 322 g/mol. The van der Waals surface area contributed by atoms with Crippen LogP contribution in [0.15, 0.2) is 41.1 Å². The number of carbonyl (C=O) groups excluding carboxylic acids is 1. The Balaban J connectivity index is 1.71. The largest absolute Gasteiger partial charge is 0.348 e. The van der Waals surface area contributed by atoms with Crippen LogP contribution in [-0.2, 0) is 17.6 Å². The number of alkyl halides is 1. The zero-order valence-corrected chi connectivity index (χ0v) is 12.7.